The second-order valence-corrected chi connectivity index (χ2v) is 5.79. The molecule has 0 aliphatic heterocycles. The summed E-state index contributed by atoms with van der Waals surface area (Å²) in [6, 6.07) is 0.0470. The van der Waals surface area contributed by atoms with E-state index in [1.807, 2.05) is 12.5 Å². The Kier molecular flexibility index (Phi) is 4.21. The molecule has 1 aromatic rings. The maximum absolute atomic E-state index is 6.30. The second-order valence-electron chi connectivity index (χ2n) is 4.16. The Bertz CT molecular complexity index is 366. The van der Waals surface area contributed by atoms with Crippen LogP contribution in [0, 0.1) is 5.92 Å². The van der Waals surface area contributed by atoms with Gasteiger partial charge in [-0.15, -0.1) is 0 Å². The molecular weight excluding hydrogens is 286 g/mol. The number of aromatic nitrogens is 2. The van der Waals surface area contributed by atoms with Crippen LogP contribution in [-0.4, -0.2) is 16.2 Å². The largest absolute Gasteiger partial charge is 0.322 e. The van der Waals surface area contributed by atoms with E-state index in [-0.39, 0.29) is 6.04 Å². The van der Waals surface area contributed by atoms with Crippen molar-refractivity contribution in [2.24, 2.45) is 11.7 Å². The number of rotatable bonds is 3. The summed E-state index contributed by atoms with van der Waals surface area (Å²) in [5.74, 6) is 0.584. The Morgan fingerprint density at radius 3 is 2.81 bits per heavy atom. The maximum Gasteiger partial charge on any atom is 0.187 e. The summed E-state index contributed by atoms with van der Waals surface area (Å²) in [6.07, 6.45) is 8.85. The minimum Gasteiger partial charge on any atom is -0.322 e. The highest BCUT2D eigenvalue weighted by molar-refractivity contribution is 9.10. The molecule has 88 valence electrons. The molecule has 2 rings (SSSR count). The monoisotopic (exact) mass is 301 g/mol. The molecule has 1 unspecified atom stereocenters. The Hall–Kier alpha value is -0.130. The third kappa shape index (κ3) is 2.57. The molecule has 1 aliphatic carbocycles. The number of hydrogen-bond acceptors (Lipinski definition) is 4. The van der Waals surface area contributed by atoms with Crippen LogP contribution in [0.3, 0.4) is 0 Å². The van der Waals surface area contributed by atoms with Gasteiger partial charge in [0, 0.05) is 6.20 Å². The normalized spacial score (nSPS) is 18.9. The zero-order valence-electron chi connectivity index (χ0n) is 9.32. The van der Waals surface area contributed by atoms with E-state index in [0.29, 0.717) is 5.92 Å². The first kappa shape index (κ1) is 12.3. The summed E-state index contributed by atoms with van der Waals surface area (Å²) < 4.78 is 0.935. The van der Waals surface area contributed by atoms with Gasteiger partial charge in [0.15, 0.2) is 5.16 Å². The number of thioether (sulfide) groups is 1. The molecule has 1 aromatic heterocycles. The van der Waals surface area contributed by atoms with E-state index in [1.165, 1.54) is 25.7 Å². The van der Waals surface area contributed by atoms with Crippen molar-refractivity contribution in [3.63, 3.8) is 0 Å². The standard InChI is InChI=1S/C11H16BrN3S/c1-16-11-14-6-8(12)10(15-11)9(13)7-4-2-3-5-7/h6-7,9H,2-5,13H2,1H3. The summed E-state index contributed by atoms with van der Waals surface area (Å²) in [7, 11) is 0. The average Bonchev–Trinajstić information content (AvgIpc) is 2.82. The Morgan fingerprint density at radius 1 is 1.50 bits per heavy atom. The van der Waals surface area contributed by atoms with Gasteiger partial charge >= 0.3 is 0 Å². The van der Waals surface area contributed by atoms with E-state index in [0.717, 1.165) is 15.3 Å². The molecule has 1 saturated carbocycles. The van der Waals surface area contributed by atoms with Crippen LogP contribution in [0.2, 0.25) is 0 Å². The first-order chi connectivity index (χ1) is 7.72. The molecule has 1 heterocycles. The minimum absolute atomic E-state index is 0.0470. The summed E-state index contributed by atoms with van der Waals surface area (Å²) in [5.41, 5.74) is 7.26. The van der Waals surface area contributed by atoms with Gasteiger partial charge in [0.2, 0.25) is 0 Å². The molecular formula is C11H16BrN3S. The molecule has 0 amide bonds. The average molecular weight is 302 g/mol. The lowest BCUT2D eigenvalue weighted by molar-refractivity contribution is 0.432. The van der Waals surface area contributed by atoms with Crippen LogP contribution in [0.25, 0.3) is 0 Å². The number of nitrogens with zero attached hydrogens (tertiary/aromatic N) is 2. The Morgan fingerprint density at radius 2 is 2.19 bits per heavy atom. The summed E-state index contributed by atoms with van der Waals surface area (Å²) in [5, 5.41) is 0.798. The van der Waals surface area contributed by atoms with E-state index in [1.54, 1.807) is 11.8 Å². The minimum atomic E-state index is 0.0470. The molecule has 0 saturated heterocycles. The van der Waals surface area contributed by atoms with E-state index in [9.17, 15) is 0 Å². The van der Waals surface area contributed by atoms with E-state index in [4.69, 9.17) is 5.73 Å². The van der Waals surface area contributed by atoms with Crippen molar-refractivity contribution in [2.75, 3.05) is 6.26 Å². The van der Waals surface area contributed by atoms with Crippen LogP contribution in [0.5, 0.6) is 0 Å². The molecule has 0 radical (unpaired) electrons. The van der Waals surface area contributed by atoms with Gasteiger partial charge in [-0.25, -0.2) is 9.97 Å². The van der Waals surface area contributed by atoms with Crippen LogP contribution in [-0.2, 0) is 0 Å². The lowest BCUT2D eigenvalue weighted by atomic mass is 9.96. The van der Waals surface area contributed by atoms with Crippen LogP contribution in [0.15, 0.2) is 15.8 Å². The first-order valence-electron chi connectivity index (χ1n) is 5.54. The van der Waals surface area contributed by atoms with Crippen LogP contribution < -0.4 is 5.73 Å². The third-order valence-electron chi connectivity index (χ3n) is 3.16. The van der Waals surface area contributed by atoms with Gasteiger partial charge in [-0.3, -0.25) is 0 Å². The molecule has 16 heavy (non-hydrogen) atoms. The van der Waals surface area contributed by atoms with E-state index in [2.05, 4.69) is 25.9 Å². The highest BCUT2D eigenvalue weighted by Crippen LogP contribution is 2.35. The molecule has 1 fully saturated rings. The highest BCUT2D eigenvalue weighted by Gasteiger charge is 2.26. The van der Waals surface area contributed by atoms with Crippen molar-refractivity contribution >= 4 is 27.7 Å². The van der Waals surface area contributed by atoms with E-state index >= 15 is 0 Å². The van der Waals surface area contributed by atoms with Crippen LogP contribution in [0.1, 0.15) is 37.4 Å². The van der Waals surface area contributed by atoms with Crippen molar-refractivity contribution in [2.45, 2.75) is 36.9 Å². The third-order valence-corrected chi connectivity index (χ3v) is 4.33. The number of halogens is 1. The van der Waals surface area contributed by atoms with Crippen molar-refractivity contribution in [1.29, 1.82) is 0 Å². The molecule has 0 aromatic carbocycles. The zero-order chi connectivity index (χ0) is 11.5. The molecule has 0 spiro atoms. The van der Waals surface area contributed by atoms with Gasteiger partial charge < -0.3 is 5.73 Å². The highest BCUT2D eigenvalue weighted by atomic mass is 79.9. The molecule has 1 aliphatic rings. The van der Waals surface area contributed by atoms with Crippen molar-refractivity contribution < 1.29 is 0 Å². The molecule has 5 heteroatoms. The summed E-state index contributed by atoms with van der Waals surface area (Å²) >= 11 is 5.05. The fourth-order valence-corrected chi connectivity index (χ4v) is 3.04. The first-order valence-corrected chi connectivity index (χ1v) is 7.56. The fourth-order valence-electron chi connectivity index (χ4n) is 2.24. The molecule has 0 bridgehead atoms. The molecule has 3 nitrogen and oxygen atoms in total. The van der Waals surface area contributed by atoms with Crippen molar-refractivity contribution in [3.8, 4) is 0 Å². The summed E-state index contributed by atoms with van der Waals surface area (Å²) in [4.78, 5) is 8.73. The SMILES string of the molecule is CSc1ncc(Br)c(C(N)C2CCCC2)n1. The predicted molar refractivity (Wildman–Crippen MR) is 70.4 cm³/mol. The Balaban J connectivity index is 2.23. The van der Waals surface area contributed by atoms with Gasteiger partial charge in [0.05, 0.1) is 16.2 Å². The Labute approximate surface area is 109 Å². The molecule has 1 atom stereocenters. The van der Waals surface area contributed by atoms with Gasteiger partial charge in [0.1, 0.15) is 0 Å². The maximum atomic E-state index is 6.30. The fraction of sp³-hybridized carbons (Fsp3) is 0.636. The summed E-state index contributed by atoms with van der Waals surface area (Å²) in [6.45, 7) is 0. The quantitative estimate of drug-likeness (QED) is 0.688. The van der Waals surface area contributed by atoms with Crippen molar-refractivity contribution in [1.82, 2.24) is 9.97 Å². The van der Waals surface area contributed by atoms with Gasteiger partial charge in [0.25, 0.3) is 0 Å². The zero-order valence-corrected chi connectivity index (χ0v) is 11.7. The van der Waals surface area contributed by atoms with Crippen molar-refractivity contribution in [3.05, 3.63) is 16.4 Å². The van der Waals surface area contributed by atoms with Gasteiger partial charge in [-0.1, -0.05) is 24.6 Å². The predicted octanol–water partition coefficient (Wildman–Crippen LogP) is 3.15. The number of hydrogen-bond donors (Lipinski definition) is 1. The van der Waals surface area contributed by atoms with Gasteiger partial charge in [-0.05, 0) is 40.9 Å². The van der Waals surface area contributed by atoms with Gasteiger partial charge in [-0.2, -0.15) is 0 Å². The lowest BCUT2D eigenvalue weighted by Crippen LogP contribution is -2.21. The molecule has 2 N–H and O–H groups in total. The topological polar surface area (TPSA) is 51.8 Å². The smallest absolute Gasteiger partial charge is 0.187 e. The van der Waals surface area contributed by atoms with Crippen LogP contribution >= 0.6 is 27.7 Å². The lowest BCUT2D eigenvalue weighted by Gasteiger charge is -2.19. The second kappa shape index (κ2) is 5.47. The number of nitrogens with two attached hydrogens (primary N) is 1. The van der Waals surface area contributed by atoms with Crippen LogP contribution in [0.4, 0.5) is 0 Å². The van der Waals surface area contributed by atoms with E-state index < -0.39 is 0 Å².